The second-order valence-electron chi connectivity index (χ2n) is 4.69. The van der Waals surface area contributed by atoms with Crippen LogP contribution in [-0.2, 0) is 14.2 Å². The van der Waals surface area contributed by atoms with Gasteiger partial charge in [0.25, 0.3) is 0 Å². The third-order valence-corrected chi connectivity index (χ3v) is 3.56. The van der Waals surface area contributed by atoms with Crippen LogP contribution in [0.4, 0.5) is 0 Å². The van der Waals surface area contributed by atoms with Gasteiger partial charge in [0, 0.05) is 0 Å². The van der Waals surface area contributed by atoms with E-state index in [9.17, 15) is 0 Å². The predicted molar refractivity (Wildman–Crippen MR) is 52.4 cm³/mol. The highest BCUT2D eigenvalue weighted by molar-refractivity contribution is 5.00. The molecule has 2 heterocycles. The third-order valence-electron chi connectivity index (χ3n) is 3.56. The van der Waals surface area contributed by atoms with Gasteiger partial charge in [-0.1, -0.05) is 19.3 Å². The van der Waals surface area contributed by atoms with Gasteiger partial charge in [0.2, 0.25) is 0 Å². The van der Waals surface area contributed by atoms with Crippen LogP contribution in [-0.4, -0.2) is 42.4 Å². The maximum absolute atomic E-state index is 9.03. The Morgan fingerprint density at radius 3 is 2.53 bits per heavy atom. The summed E-state index contributed by atoms with van der Waals surface area (Å²) >= 11 is 0. The van der Waals surface area contributed by atoms with Gasteiger partial charge in [-0.25, -0.2) is 0 Å². The first-order valence-electron chi connectivity index (χ1n) is 5.96. The first kappa shape index (κ1) is 10.0. The summed E-state index contributed by atoms with van der Waals surface area (Å²) in [4.78, 5) is 0. The van der Waals surface area contributed by atoms with Crippen LogP contribution in [0.1, 0.15) is 32.1 Å². The van der Waals surface area contributed by atoms with Crippen molar-refractivity contribution in [3.63, 3.8) is 0 Å². The van der Waals surface area contributed by atoms with Crippen LogP contribution in [0.3, 0.4) is 0 Å². The third kappa shape index (κ3) is 1.91. The van der Waals surface area contributed by atoms with E-state index in [1.807, 2.05) is 0 Å². The van der Waals surface area contributed by atoms with Gasteiger partial charge in [-0.3, -0.25) is 0 Å². The van der Waals surface area contributed by atoms with E-state index in [0.29, 0.717) is 6.10 Å². The van der Waals surface area contributed by atoms with Crippen molar-refractivity contribution in [2.45, 2.75) is 62.8 Å². The zero-order chi connectivity index (χ0) is 10.3. The highest BCUT2D eigenvalue weighted by Crippen LogP contribution is 2.40. The van der Waals surface area contributed by atoms with Crippen LogP contribution in [0.5, 0.6) is 0 Å². The molecule has 2 aliphatic heterocycles. The van der Waals surface area contributed by atoms with Crippen molar-refractivity contribution in [1.29, 1.82) is 0 Å². The highest BCUT2D eigenvalue weighted by Gasteiger charge is 2.59. The molecule has 0 aromatic heterocycles. The predicted octanol–water partition coefficient (Wildman–Crippen LogP) is 0.820. The topological polar surface area (TPSA) is 51.2 Å². The number of ether oxygens (including phenoxy) is 3. The molecule has 1 N–H and O–H groups in total. The summed E-state index contributed by atoms with van der Waals surface area (Å²) < 4.78 is 16.9. The van der Waals surface area contributed by atoms with E-state index < -0.39 is 0 Å². The molecule has 4 atom stereocenters. The molecule has 1 aliphatic carbocycles. The molecule has 0 aromatic carbocycles. The van der Waals surface area contributed by atoms with E-state index in [-0.39, 0.29) is 31.2 Å². The number of rotatable bonds is 3. The number of hydrogen-bond donors (Lipinski definition) is 1. The Bertz CT molecular complexity index is 227. The monoisotopic (exact) mass is 214 g/mol. The van der Waals surface area contributed by atoms with Crippen molar-refractivity contribution in [3.05, 3.63) is 0 Å². The van der Waals surface area contributed by atoms with Crippen molar-refractivity contribution in [2.24, 2.45) is 0 Å². The quantitative estimate of drug-likeness (QED) is 0.707. The van der Waals surface area contributed by atoms with Crippen LogP contribution in [0, 0.1) is 0 Å². The lowest BCUT2D eigenvalue weighted by Crippen LogP contribution is -2.30. The van der Waals surface area contributed by atoms with E-state index in [0.717, 1.165) is 12.8 Å². The zero-order valence-corrected chi connectivity index (χ0v) is 8.80. The standard InChI is InChI=1S/C11H18O4/c12-6-8-9-10(15-9)11(14-8)13-7-4-2-1-3-5-7/h7-12H,1-6H2. The van der Waals surface area contributed by atoms with Crippen molar-refractivity contribution in [3.8, 4) is 0 Å². The molecule has 15 heavy (non-hydrogen) atoms. The van der Waals surface area contributed by atoms with Gasteiger partial charge < -0.3 is 19.3 Å². The van der Waals surface area contributed by atoms with Crippen molar-refractivity contribution in [2.75, 3.05) is 6.61 Å². The average molecular weight is 214 g/mol. The molecule has 0 bridgehead atoms. The number of hydrogen-bond acceptors (Lipinski definition) is 4. The smallest absolute Gasteiger partial charge is 0.187 e. The van der Waals surface area contributed by atoms with Crippen molar-refractivity contribution < 1.29 is 19.3 Å². The molecule has 3 fully saturated rings. The number of aliphatic hydroxyl groups excluding tert-OH is 1. The fourth-order valence-corrected chi connectivity index (χ4v) is 2.63. The van der Waals surface area contributed by atoms with E-state index >= 15 is 0 Å². The molecule has 3 rings (SSSR count). The molecule has 0 aromatic rings. The molecule has 86 valence electrons. The molecular formula is C11H18O4. The lowest BCUT2D eigenvalue weighted by atomic mass is 9.98. The summed E-state index contributed by atoms with van der Waals surface area (Å²) in [5, 5.41) is 9.03. The van der Waals surface area contributed by atoms with Crippen LogP contribution < -0.4 is 0 Å². The van der Waals surface area contributed by atoms with Crippen LogP contribution in [0.15, 0.2) is 0 Å². The molecule has 0 spiro atoms. The highest BCUT2D eigenvalue weighted by atomic mass is 16.8. The van der Waals surface area contributed by atoms with Gasteiger partial charge >= 0.3 is 0 Å². The van der Waals surface area contributed by atoms with Crippen molar-refractivity contribution in [1.82, 2.24) is 0 Å². The average Bonchev–Trinajstić information content (AvgIpc) is 3.00. The first-order valence-corrected chi connectivity index (χ1v) is 5.96. The van der Waals surface area contributed by atoms with E-state index in [1.165, 1.54) is 19.3 Å². The number of aliphatic hydroxyl groups is 1. The minimum absolute atomic E-state index is 0.0334. The maximum atomic E-state index is 9.03. The Labute approximate surface area is 89.5 Å². The largest absolute Gasteiger partial charge is 0.394 e. The molecule has 3 aliphatic rings. The van der Waals surface area contributed by atoms with Gasteiger partial charge in [0.15, 0.2) is 6.29 Å². The fourth-order valence-electron chi connectivity index (χ4n) is 2.63. The Balaban J connectivity index is 1.51. The van der Waals surface area contributed by atoms with Crippen LogP contribution in [0.2, 0.25) is 0 Å². The molecule has 4 unspecified atom stereocenters. The Morgan fingerprint density at radius 2 is 1.87 bits per heavy atom. The molecule has 2 saturated heterocycles. The Morgan fingerprint density at radius 1 is 1.07 bits per heavy atom. The summed E-state index contributed by atoms with van der Waals surface area (Å²) in [5.41, 5.74) is 0. The van der Waals surface area contributed by atoms with Crippen LogP contribution >= 0.6 is 0 Å². The molecule has 0 radical (unpaired) electrons. The molecule has 0 amide bonds. The minimum atomic E-state index is -0.227. The summed E-state index contributed by atoms with van der Waals surface area (Å²) in [6.07, 6.45) is 6.25. The Hall–Kier alpha value is -0.160. The van der Waals surface area contributed by atoms with Gasteiger partial charge in [0.05, 0.1) is 12.7 Å². The molecule has 1 saturated carbocycles. The molecule has 4 nitrogen and oxygen atoms in total. The first-order chi connectivity index (χ1) is 7.38. The van der Waals surface area contributed by atoms with E-state index in [4.69, 9.17) is 19.3 Å². The Kier molecular flexibility index (Phi) is 2.68. The normalized spacial score (nSPS) is 45.4. The van der Waals surface area contributed by atoms with E-state index in [1.54, 1.807) is 0 Å². The zero-order valence-electron chi connectivity index (χ0n) is 8.80. The summed E-state index contributed by atoms with van der Waals surface area (Å²) in [6.45, 7) is 0.0334. The van der Waals surface area contributed by atoms with Crippen molar-refractivity contribution >= 4 is 0 Å². The lowest BCUT2D eigenvalue weighted by molar-refractivity contribution is -0.205. The maximum Gasteiger partial charge on any atom is 0.187 e. The molecule has 4 heteroatoms. The SMILES string of the molecule is OCC1OC(OC2CCCCC2)C2OC12. The van der Waals surface area contributed by atoms with Gasteiger partial charge in [-0.2, -0.15) is 0 Å². The molecular weight excluding hydrogens is 196 g/mol. The van der Waals surface area contributed by atoms with E-state index in [2.05, 4.69) is 0 Å². The second kappa shape index (κ2) is 4.01. The second-order valence-corrected chi connectivity index (χ2v) is 4.69. The minimum Gasteiger partial charge on any atom is -0.394 e. The van der Waals surface area contributed by atoms with Crippen LogP contribution in [0.25, 0.3) is 0 Å². The summed E-state index contributed by atoms with van der Waals surface area (Å²) in [6, 6.07) is 0. The van der Waals surface area contributed by atoms with Gasteiger partial charge in [-0.15, -0.1) is 0 Å². The van der Waals surface area contributed by atoms with Gasteiger partial charge in [0.1, 0.15) is 18.3 Å². The summed E-state index contributed by atoms with van der Waals surface area (Å²) in [7, 11) is 0. The van der Waals surface area contributed by atoms with Gasteiger partial charge in [-0.05, 0) is 12.8 Å². The fraction of sp³-hybridized carbons (Fsp3) is 1.00. The lowest BCUT2D eigenvalue weighted by Gasteiger charge is -2.26. The number of fused-ring (bicyclic) bond motifs is 1. The number of epoxide rings is 1. The summed E-state index contributed by atoms with van der Waals surface area (Å²) in [5.74, 6) is 0.